The first kappa shape index (κ1) is 8.79. The molecule has 0 radical (unpaired) electrons. The van der Waals surface area contributed by atoms with Crippen LogP contribution in [0.2, 0.25) is 0 Å². The van der Waals surface area contributed by atoms with Gasteiger partial charge in [-0.25, -0.2) is 9.50 Å². The molecule has 0 aromatic carbocycles. The van der Waals surface area contributed by atoms with Gasteiger partial charge in [-0.05, 0) is 0 Å². The third-order valence-corrected chi connectivity index (χ3v) is 1.71. The molecule has 0 atom stereocenters. The Bertz CT molecular complexity index is 473. The lowest BCUT2D eigenvalue weighted by Crippen LogP contribution is -2.07. The van der Waals surface area contributed by atoms with Crippen molar-refractivity contribution in [2.75, 3.05) is 5.73 Å². The number of nitrogens with two attached hydrogens (primary N) is 1. The highest BCUT2D eigenvalue weighted by atomic mass is 19.4. The van der Waals surface area contributed by atoms with Gasteiger partial charge in [0.1, 0.15) is 0 Å². The molecule has 7 heteroatoms. The molecule has 2 rings (SSSR count). The van der Waals surface area contributed by atoms with Crippen LogP contribution in [0.5, 0.6) is 0 Å². The molecule has 2 aromatic rings. The van der Waals surface area contributed by atoms with Gasteiger partial charge in [0.05, 0.1) is 17.4 Å². The fourth-order valence-corrected chi connectivity index (χ4v) is 1.04. The van der Waals surface area contributed by atoms with Gasteiger partial charge in [-0.3, -0.25) is 0 Å². The summed E-state index contributed by atoms with van der Waals surface area (Å²) in [6.07, 6.45) is -1.59. The van der Waals surface area contributed by atoms with Crippen LogP contribution in [0.25, 0.3) is 5.65 Å². The highest BCUT2D eigenvalue weighted by molar-refractivity contribution is 5.62. The van der Waals surface area contributed by atoms with Crippen LogP contribution in [-0.4, -0.2) is 14.6 Å². The fraction of sp³-hybridized carbons (Fsp3) is 0.143. The van der Waals surface area contributed by atoms with Crippen LogP contribution >= 0.6 is 0 Å². The van der Waals surface area contributed by atoms with E-state index in [1.165, 1.54) is 6.20 Å². The number of halogens is 3. The lowest BCUT2D eigenvalue weighted by molar-refractivity contribution is -0.138. The molecule has 0 spiro atoms. The molecule has 74 valence electrons. The van der Waals surface area contributed by atoms with Crippen LogP contribution in [0.1, 0.15) is 5.56 Å². The smallest absolute Gasteiger partial charge is 0.394 e. The zero-order valence-electron chi connectivity index (χ0n) is 6.78. The number of rotatable bonds is 0. The van der Waals surface area contributed by atoms with E-state index in [-0.39, 0.29) is 11.3 Å². The predicted octanol–water partition coefficient (Wildman–Crippen LogP) is 1.33. The van der Waals surface area contributed by atoms with Crippen LogP contribution in [0.4, 0.5) is 18.9 Å². The molecule has 0 fully saturated rings. The Labute approximate surface area is 76.2 Å². The van der Waals surface area contributed by atoms with Gasteiger partial charge in [0.2, 0.25) is 0 Å². The molecule has 0 amide bonds. The van der Waals surface area contributed by atoms with Crippen molar-refractivity contribution in [3.05, 3.63) is 24.2 Å². The topological polar surface area (TPSA) is 56.2 Å². The van der Waals surface area contributed by atoms with Crippen molar-refractivity contribution in [2.45, 2.75) is 6.18 Å². The lowest BCUT2D eigenvalue weighted by atomic mass is 10.3. The number of alkyl halides is 3. The summed E-state index contributed by atoms with van der Waals surface area (Å²) >= 11 is 0. The lowest BCUT2D eigenvalue weighted by Gasteiger charge is -2.05. The summed E-state index contributed by atoms with van der Waals surface area (Å²) < 4.78 is 37.6. The van der Waals surface area contributed by atoms with Gasteiger partial charge < -0.3 is 5.73 Å². The minimum atomic E-state index is -4.41. The molecule has 0 unspecified atom stereocenters. The summed E-state index contributed by atoms with van der Waals surface area (Å²) in [5, 5.41) is 3.62. The van der Waals surface area contributed by atoms with Crippen LogP contribution in [-0.2, 0) is 6.18 Å². The number of fused-ring (bicyclic) bond motifs is 1. The first-order chi connectivity index (χ1) is 6.48. The molecule has 2 aromatic heterocycles. The second-order valence-corrected chi connectivity index (χ2v) is 2.71. The van der Waals surface area contributed by atoms with Gasteiger partial charge in [-0.15, -0.1) is 0 Å². The van der Waals surface area contributed by atoms with E-state index < -0.39 is 11.7 Å². The third-order valence-electron chi connectivity index (χ3n) is 1.71. The van der Waals surface area contributed by atoms with Crippen LogP contribution in [0.3, 0.4) is 0 Å². The molecule has 4 nitrogen and oxygen atoms in total. The van der Waals surface area contributed by atoms with Gasteiger partial charge in [-0.2, -0.15) is 18.3 Å². The summed E-state index contributed by atoms with van der Waals surface area (Å²) in [5.74, 6) is 0. The van der Waals surface area contributed by atoms with E-state index >= 15 is 0 Å². The molecule has 2 heterocycles. The Morgan fingerprint density at radius 1 is 1.29 bits per heavy atom. The number of anilines is 1. The van der Waals surface area contributed by atoms with Gasteiger partial charge >= 0.3 is 6.18 Å². The maximum absolute atomic E-state index is 12.2. The molecular formula is C7H5F3N4. The standard InChI is InChI=1S/C7H5F3N4/c8-7(9,10)4-1-12-6-5(11)2-13-14(6)3-4/h1-3H,11H2. The Kier molecular flexibility index (Phi) is 1.63. The van der Waals surface area contributed by atoms with Gasteiger partial charge in [-0.1, -0.05) is 0 Å². The molecular weight excluding hydrogens is 197 g/mol. The second-order valence-electron chi connectivity index (χ2n) is 2.71. The van der Waals surface area contributed by atoms with Crippen molar-refractivity contribution in [1.82, 2.24) is 14.6 Å². The molecule has 0 aliphatic rings. The van der Waals surface area contributed by atoms with Gasteiger partial charge in [0.15, 0.2) is 5.65 Å². The van der Waals surface area contributed by atoms with Crippen molar-refractivity contribution in [3.63, 3.8) is 0 Å². The van der Waals surface area contributed by atoms with E-state index in [4.69, 9.17) is 5.73 Å². The molecule has 0 aliphatic carbocycles. The maximum atomic E-state index is 12.2. The summed E-state index contributed by atoms with van der Waals surface area (Å²) in [7, 11) is 0. The molecule has 2 N–H and O–H groups in total. The van der Waals surface area contributed by atoms with E-state index in [9.17, 15) is 13.2 Å². The second kappa shape index (κ2) is 2.60. The predicted molar refractivity (Wildman–Crippen MR) is 42.4 cm³/mol. The first-order valence-electron chi connectivity index (χ1n) is 3.64. The quantitative estimate of drug-likeness (QED) is 0.701. The average Bonchev–Trinajstić information content (AvgIpc) is 2.46. The molecule has 0 saturated heterocycles. The SMILES string of the molecule is Nc1cnn2cc(C(F)(F)F)cnc12. The van der Waals surface area contributed by atoms with Crippen molar-refractivity contribution in [3.8, 4) is 0 Å². The molecule has 14 heavy (non-hydrogen) atoms. The first-order valence-corrected chi connectivity index (χ1v) is 3.64. The van der Waals surface area contributed by atoms with E-state index in [0.29, 0.717) is 0 Å². The largest absolute Gasteiger partial charge is 0.419 e. The zero-order valence-corrected chi connectivity index (χ0v) is 6.78. The number of aromatic nitrogens is 3. The molecule has 0 aliphatic heterocycles. The van der Waals surface area contributed by atoms with E-state index in [1.807, 2.05) is 0 Å². The van der Waals surface area contributed by atoms with Crippen molar-refractivity contribution < 1.29 is 13.2 Å². The van der Waals surface area contributed by atoms with E-state index in [1.54, 1.807) is 0 Å². The Balaban J connectivity index is 2.63. The Hall–Kier alpha value is -1.79. The summed E-state index contributed by atoms with van der Waals surface area (Å²) in [6, 6.07) is 0. The maximum Gasteiger partial charge on any atom is 0.419 e. The number of hydrogen-bond donors (Lipinski definition) is 1. The summed E-state index contributed by atoms with van der Waals surface area (Å²) in [6.45, 7) is 0. The third kappa shape index (κ3) is 1.26. The number of nitrogens with zero attached hydrogens (tertiary/aromatic N) is 3. The highest BCUT2D eigenvalue weighted by Crippen LogP contribution is 2.28. The van der Waals surface area contributed by atoms with Crippen molar-refractivity contribution in [1.29, 1.82) is 0 Å². The van der Waals surface area contributed by atoms with Crippen molar-refractivity contribution >= 4 is 11.3 Å². The van der Waals surface area contributed by atoms with Crippen LogP contribution in [0.15, 0.2) is 18.6 Å². The van der Waals surface area contributed by atoms with Crippen LogP contribution in [0, 0.1) is 0 Å². The number of hydrogen-bond acceptors (Lipinski definition) is 3. The fourth-order valence-electron chi connectivity index (χ4n) is 1.04. The summed E-state index contributed by atoms with van der Waals surface area (Å²) in [5.41, 5.74) is 5.02. The normalized spacial score (nSPS) is 12.2. The minimum Gasteiger partial charge on any atom is -0.394 e. The van der Waals surface area contributed by atoms with Crippen LogP contribution < -0.4 is 5.73 Å². The van der Waals surface area contributed by atoms with Gasteiger partial charge in [0.25, 0.3) is 0 Å². The Morgan fingerprint density at radius 2 is 2.00 bits per heavy atom. The van der Waals surface area contributed by atoms with Crippen molar-refractivity contribution in [2.24, 2.45) is 0 Å². The summed E-state index contributed by atoms with van der Waals surface area (Å²) in [4.78, 5) is 3.56. The molecule has 0 saturated carbocycles. The van der Waals surface area contributed by atoms with E-state index in [0.717, 1.165) is 16.9 Å². The zero-order chi connectivity index (χ0) is 10.3. The molecule has 0 bridgehead atoms. The van der Waals surface area contributed by atoms with E-state index in [2.05, 4.69) is 10.1 Å². The average molecular weight is 202 g/mol. The van der Waals surface area contributed by atoms with Gasteiger partial charge in [0, 0.05) is 12.4 Å². The highest BCUT2D eigenvalue weighted by Gasteiger charge is 2.31. The monoisotopic (exact) mass is 202 g/mol. The Morgan fingerprint density at radius 3 is 2.64 bits per heavy atom. The number of nitrogen functional groups attached to an aromatic ring is 1. The minimum absolute atomic E-state index is 0.220.